The number of nitrogens with one attached hydrogen (secondary N) is 2. The van der Waals surface area contributed by atoms with Crippen molar-refractivity contribution in [3.63, 3.8) is 0 Å². The summed E-state index contributed by atoms with van der Waals surface area (Å²) in [5.41, 5.74) is 2.06. The first-order chi connectivity index (χ1) is 13.9. The molecule has 3 N–H and O–H groups in total. The van der Waals surface area contributed by atoms with E-state index in [2.05, 4.69) is 10.0 Å². The largest absolute Gasteiger partial charge is 0.478 e. The molecule has 150 valence electrons. The van der Waals surface area contributed by atoms with Crippen LogP contribution in [0.25, 0.3) is 0 Å². The molecule has 0 aliphatic rings. The van der Waals surface area contributed by atoms with Crippen LogP contribution in [0.5, 0.6) is 0 Å². The lowest BCUT2D eigenvalue weighted by molar-refractivity contribution is 0.0697. The minimum atomic E-state index is -3.89. The van der Waals surface area contributed by atoms with Gasteiger partial charge in [0.15, 0.2) is 0 Å². The van der Waals surface area contributed by atoms with Crippen LogP contribution in [-0.2, 0) is 16.6 Å². The molecule has 0 heterocycles. The van der Waals surface area contributed by atoms with Crippen LogP contribution in [-0.4, -0.2) is 19.5 Å². The molecule has 0 bridgehead atoms. The van der Waals surface area contributed by atoms with E-state index in [9.17, 15) is 18.3 Å². The molecule has 3 rings (SSSR count). The number of aromatic carboxylic acids is 1. The summed E-state index contributed by atoms with van der Waals surface area (Å²) in [6.07, 6.45) is 0. The molecular formula is C22H22N2O4S. The Hall–Kier alpha value is -3.16. The van der Waals surface area contributed by atoms with E-state index >= 15 is 0 Å². The molecule has 0 aromatic heterocycles. The predicted octanol–water partition coefficient (Wildman–Crippen LogP) is 4.04. The molecule has 0 radical (unpaired) electrons. The number of rotatable bonds is 8. The van der Waals surface area contributed by atoms with Gasteiger partial charge in [0.2, 0.25) is 10.0 Å². The number of hydrogen-bond acceptors (Lipinski definition) is 4. The standard InChI is InChI=1S/C22H22N2O4S/c1-16(18-10-6-3-7-11-18)24-29(27,28)19-12-13-21(20(14-19)22(25)26)23-15-17-8-4-2-5-9-17/h2-14,16,23-24H,15H2,1H3,(H,25,26)/t16-/m0/s1. The third-order valence-electron chi connectivity index (χ3n) is 4.49. The highest BCUT2D eigenvalue weighted by molar-refractivity contribution is 7.89. The van der Waals surface area contributed by atoms with Crippen LogP contribution in [0.1, 0.15) is 34.5 Å². The Labute approximate surface area is 170 Å². The van der Waals surface area contributed by atoms with E-state index in [-0.39, 0.29) is 10.5 Å². The Bertz CT molecular complexity index is 1080. The summed E-state index contributed by atoms with van der Waals surface area (Å²) >= 11 is 0. The molecule has 0 saturated carbocycles. The fraction of sp³-hybridized carbons (Fsp3) is 0.136. The smallest absolute Gasteiger partial charge is 0.337 e. The molecule has 0 amide bonds. The average molecular weight is 410 g/mol. The molecule has 7 heteroatoms. The van der Waals surface area contributed by atoms with Gasteiger partial charge in [0.25, 0.3) is 0 Å². The minimum absolute atomic E-state index is 0.0945. The van der Waals surface area contributed by atoms with Crippen molar-refractivity contribution < 1.29 is 18.3 Å². The molecule has 3 aromatic rings. The molecule has 3 aromatic carbocycles. The second-order valence-corrected chi connectivity index (χ2v) is 8.32. The van der Waals surface area contributed by atoms with Crippen molar-refractivity contribution in [2.24, 2.45) is 0 Å². The highest BCUT2D eigenvalue weighted by atomic mass is 32.2. The quantitative estimate of drug-likeness (QED) is 0.521. The number of benzene rings is 3. The maximum absolute atomic E-state index is 12.8. The Morgan fingerprint density at radius 1 is 0.966 bits per heavy atom. The Morgan fingerprint density at radius 2 is 1.59 bits per heavy atom. The topological polar surface area (TPSA) is 95.5 Å². The molecule has 0 saturated heterocycles. The zero-order valence-corrected chi connectivity index (χ0v) is 16.7. The summed E-state index contributed by atoms with van der Waals surface area (Å²) < 4.78 is 28.1. The first-order valence-corrected chi connectivity index (χ1v) is 10.6. The van der Waals surface area contributed by atoms with Crippen molar-refractivity contribution in [3.8, 4) is 0 Å². The van der Waals surface area contributed by atoms with Gasteiger partial charge in [0, 0.05) is 18.3 Å². The van der Waals surface area contributed by atoms with Crippen LogP contribution >= 0.6 is 0 Å². The van der Waals surface area contributed by atoms with Crippen molar-refractivity contribution >= 4 is 21.7 Å². The normalized spacial score (nSPS) is 12.3. The first kappa shape index (κ1) is 20.6. The summed E-state index contributed by atoms with van der Waals surface area (Å²) in [7, 11) is -3.89. The molecule has 1 atom stereocenters. The molecule has 0 aliphatic heterocycles. The second kappa shape index (κ2) is 8.89. The molecule has 0 fully saturated rings. The van der Waals surface area contributed by atoms with Crippen molar-refractivity contribution in [1.29, 1.82) is 0 Å². The predicted molar refractivity (Wildman–Crippen MR) is 112 cm³/mol. The Kier molecular flexibility index (Phi) is 6.31. The van der Waals surface area contributed by atoms with Gasteiger partial charge < -0.3 is 10.4 Å². The van der Waals surface area contributed by atoms with Crippen LogP contribution in [0.4, 0.5) is 5.69 Å². The maximum atomic E-state index is 12.8. The lowest BCUT2D eigenvalue weighted by Gasteiger charge is -2.16. The number of carboxylic acids is 1. The van der Waals surface area contributed by atoms with E-state index < -0.39 is 22.0 Å². The van der Waals surface area contributed by atoms with Gasteiger partial charge in [-0.25, -0.2) is 17.9 Å². The molecule has 0 spiro atoms. The summed E-state index contributed by atoms with van der Waals surface area (Å²) in [6, 6.07) is 22.3. The van der Waals surface area contributed by atoms with Gasteiger partial charge in [-0.3, -0.25) is 0 Å². The van der Waals surface area contributed by atoms with Crippen LogP contribution in [0.3, 0.4) is 0 Å². The fourth-order valence-corrected chi connectivity index (χ4v) is 4.18. The number of carboxylic acid groups (broad SMARTS) is 1. The number of anilines is 1. The van der Waals surface area contributed by atoms with Gasteiger partial charge in [0.05, 0.1) is 10.5 Å². The molecule has 0 aliphatic carbocycles. The summed E-state index contributed by atoms with van der Waals surface area (Å²) in [6.45, 7) is 2.16. The third kappa shape index (κ3) is 5.22. The van der Waals surface area contributed by atoms with E-state index in [4.69, 9.17) is 0 Å². The SMILES string of the molecule is C[C@H](NS(=O)(=O)c1ccc(NCc2ccccc2)c(C(=O)O)c1)c1ccccc1. The summed E-state index contributed by atoms with van der Waals surface area (Å²) in [4.78, 5) is 11.6. The van der Waals surface area contributed by atoms with Gasteiger partial charge >= 0.3 is 5.97 Å². The molecule has 0 unspecified atom stereocenters. The van der Waals surface area contributed by atoms with Gasteiger partial charge in [-0.2, -0.15) is 0 Å². The minimum Gasteiger partial charge on any atom is -0.478 e. The van der Waals surface area contributed by atoms with Crippen molar-refractivity contribution in [2.45, 2.75) is 24.4 Å². The van der Waals surface area contributed by atoms with E-state index in [0.717, 1.165) is 11.1 Å². The van der Waals surface area contributed by atoms with E-state index in [0.29, 0.717) is 12.2 Å². The van der Waals surface area contributed by atoms with Gasteiger partial charge in [-0.05, 0) is 36.2 Å². The third-order valence-corrected chi connectivity index (χ3v) is 6.03. The number of hydrogen-bond donors (Lipinski definition) is 3. The zero-order valence-electron chi connectivity index (χ0n) is 15.9. The van der Waals surface area contributed by atoms with Crippen molar-refractivity contribution in [3.05, 3.63) is 95.6 Å². The highest BCUT2D eigenvalue weighted by Gasteiger charge is 2.21. The van der Waals surface area contributed by atoms with Crippen LogP contribution in [0.2, 0.25) is 0 Å². The van der Waals surface area contributed by atoms with E-state index in [1.54, 1.807) is 6.92 Å². The van der Waals surface area contributed by atoms with Crippen molar-refractivity contribution in [2.75, 3.05) is 5.32 Å². The Balaban J connectivity index is 1.82. The number of carbonyl (C=O) groups is 1. The summed E-state index contributed by atoms with van der Waals surface area (Å²) in [5.74, 6) is -1.20. The van der Waals surface area contributed by atoms with Crippen LogP contribution in [0, 0.1) is 0 Å². The zero-order chi connectivity index (χ0) is 20.9. The van der Waals surface area contributed by atoms with E-state index in [1.807, 2.05) is 60.7 Å². The second-order valence-electron chi connectivity index (χ2n) is 6.61. The lowest BCUT2D eigenvalue weighted by atomic mass is 10.1. The van der Waals surface area contributed by atoms with Crippen molar-refractivity contribution in [1.82, 2.24) is 4.72 Å². The monoisotopic (exact) mass is 410 g/mol. The van der Waals surface area contributed by atoms with Crippen LogP contribution in [0.15, 0.2) is 83.8 Å². The average Bonchev–Trinajstić information content (AvgIpc) is 2.73. The summed E-state index contributed by atoms with van der Waals surface area (Å²) in [5, 5.41) is 12.6. The van der Waals surface area contributed by atoms with Crippen LogP contribution < -0.4 is 10.0 Å². The molecule has 6 nitrogen and oxygen atoms in total. The fourth-order valence-electron chi connectivity index (χ4n) is 2.93. The first-order valence-electron chi connectivity index (χ1n) is 9.09. The van der Waals surface area contributed by atoms with Gasteiger partial charge in [-0.15, -0.1) is 0 Å². The molecule has 29 heavy (non-hydrogen) atoms. The Morgan fingerprint density at radius 3 is 2.21 bits per heavy atom. The maximum Gasteiger partial charge on any atom is 0.337 e. The lowest BCUT2D eigenvalue weighted by Crippen LogP contribution is -2.27. The molecular weight excluding hydrogens is 388 g/mol. The van der Waals surface area contributed by atoms with Gasteiger partial charge in [-0.1, -0.05) is 60.7 Å². The van der Waals surface area contributed by atoms with Gasteiger partial charge in [0.1, 0.15) is 0 Å². The van der Waals surface area contributed by atoms with E-state index in [1.165, 1.54) is 18.2 Å². The highest BCUT2D eigenvalue weighted by Crippen LogP contribution is 2.23. The number of sulfonamides is 1.